The summed E-state index contributed by atoms with van der Waals surface area (Å²) in [6, 6.07) is 5.91. The van der Waals surface area contributed by atoms with Crippen molar-refractivity contribution in [2.75, 3.05) is 6.79 Å². The van der Waals surface area contributed by atoms with E-state index in [0.29, 0.717) is 23.9 Å². The third-order valence-corrected chi connectivity index (χ3v) is 6.93. The predicted molar refractivity (Wildman–Crippen MR) is 102 cm³/mol. The topological polar surface area (TPSA) is 54.9 Å². The standard InChI is InChI=1S/C19H25N3O2S/c1-18(2)13-6-7-19(18,3)16(9-13)21-22-17(25)20-10-12-4-5-14-15(8-12)24-11-23-14/h4-5,8,13H,6-7,9-11H2,1-3H3,(H2,20,22,25)/b21-16+/t13-,19+/m1/s1. The first-order valence-electron chi connectivity index (χ1n) is 8.89. The molecule has 0 radical (unpaired) electrons. The molecule has 2 atom stereocenters. The number of nitrogens with one attached hydrogen (secondary N) is 2. The molecule has 0 saturated heterocycles. The number of hydrogen-bond acceptors (Lipinski definition) is 4. The molecule has 2 bridgehead atoms. The van der Waals surface area contributed by atoms with Gasteiger partial charge in [-0.15, -0.1) is 0 Å². The fraction of sp³-hybridized carbons (Fsp3) is 0.579. The highest BCUT2D eigenvalue weighted by atomic mass is 32.1. The van der Waals surface area contributed by atoms with Gasteiger partial charge in [-0.1, -0.05) is 26.8 Å². The monoisotopic (exact) mass is 359 g/mol. The van der Waals surface area contributed by atoms with Crippen LogP contribution in [-0.2, 0) is 6.54 Å². The van der Waals surface area contributed by atoms with Crippen LogP contribution in [0.1, 0.15) is 45.6 Å². The molecule has 0 unspecified atom stereocenters. The molecule has 4 rings (SSSR count). The van der Waals surface area contributed by atoms with Crippen LogP contribution in [-0.4, -0.2) is 17.6 Å². The average molecular weight is 359 g/mol. The van der Waals surface area contributed by atoms with E-state index in [9.17, 15) is 0 Å². The largest absolute Gasteiger partial charge is 0.454 e. The SMILES string of the molecule is CC1(C)[C@@H]2CC[C@@]1(C)/C(=N/NC(=S)NCc1ccc3c(c1)OCO3)C2. The Bertz CT molecular complexity index is 746. The van der Waals surface area contributed by atoms with Gasteiger partial charge in [0.15, 0.2) is 16.6 Å². The number of hydrogen-bond donors (Lipinski definition) is 2. The van der Waals surface area contributed by atoms with Crippen LogP contribution in [0.3, 0.4) is 0 Å². The van der Waals surface area contributed by atoms with E-state index in [1.807, 2.05) is 18.2 Å². The molecule has 0 spiro atoms. The Balaban J connectivity index is 1.34. The number of rotatable bonds is 3. The number of ether oxygens (including phenoxy) is 2. The third-order valence-electron chi connectivity index (χ3n) is 6.69. The number of fused-ring (bicyclic) bond motifs is 3. The molecule has 1 aliphatic heterocycles. The zero-order chi connectivity index (χ0) is 17.7. The summed E-state index contributed by atoms with van der Waals surface area (Å²) in [6.45, 7) is 8.02. The van der Waals surface area contributed by atoms with Gasteiger partial charge in [-0.05, 0) is 60.5 Å². The molecule has 1 heterocycles. The van der Waals surface area contributed by atoms with Crippen molar-refractivity contribution in [3.05, 3.63) is 23.8 Å². The van der Waals surface area contributed by atoms with Crippen molar-refractivity contribution in [2.24, 2.45) is 21.8 Å². The van der Waals surface area contributed by atoms with E-state index in [1.54, 1.807) is 0 Å². The lowest BCUT2D eigenvalue weighted by Gasteiger charge is -2.34. The van der Waals surface area contributed by atoms with Gasteiger partial charge in [0.25, 0.3) is 0 Å². The van der Waals surface area contributed by atoms with Crippen molar-refractivity contribution in [1.82, 2.24) is 10.7 Å². The molecule has 2 aliphatic carbocycles. The first-order valence-corrected chi connectivity index (χ1v) is 9.30. The highest BCUT2D eigenvalue weighted by molar-refractivity contribution is 7.80. The molecule has 134 valence electrons. The minimum absolute atomic E-state index is 0.192. The minimum atomic E-state index is 0.192. The molecule has 1 aromatic carbocycles. The van der Waals surface area contributed by atoms with Gasteiger partial charge in [-0.2, -0.15) is 5.10 Å². The Labute approximate surface area is 154 Å². The first kappa shape index (κ1) is 16.6. The minimum Gasteiger partial charge on any atom is -0.454 e. The van der Waals surface area contributed by atoms with Crippen molar-refractivity contribution in [3.8, 4) is 11.5 Å². The molecular formula is C19H25N3O2S. The quantitative estimate of drug-likeness (QED) is 0.638. The van der Waals surface area contributed by atoms with E-state index >= 15 is 0 Å². The van der Waals surface area contributed by atoms with Gasteiger partial charge in [0.1, 0.15) is 0 Å². The van der Waals surface area contributed by atoms with E-state index in [-0.39, 0.29) is 5.41 Å². The van der Waals surface area contributed by atoms with Gasteiger partial charge in [0.2, 0.25) is 6.79 Å². The van der Waals surface area contributed by atoms with Gasteiger partial charge >= 0.3 is 0 Å². The molecule has 0 amide bonds. The normalized spacial score (nSPS) is 29.9. The smallest absolute Gasteiger partial charge is 0.231 e. The fourth-order valence-electron chi connectivity index (χ4n) is 4.49. The van der Waals surface area contributed by atoms with Crippen LogP contribution in [0.4, 0.5) is 0 Å². The average Bonchev–Trinajstić information content (AvgIpc) is 3.19. The maximum Gasteiger partial charge on any atom is 0.231 e. The molecular weight excluding hydrogens is 334 g/mol. The van der Waals surface area contributed by atoms with Crippen LogP contribution < -0.4 is 20.2 Å². The Morgan fingerprint density at radius 1 is 1.28 bits per heavy atom. The molecule has 1 aromatic rings. The summed E-state index contributed by atoms with van der Waals surface area (Å²) in [5.41, 5.74) is 5.92. The Morgan fingerprint density at radius 3 is 2.80 bits per heavy atom. The van der Waals surface area contributed by atoms with Gasteiger partial charge in [-0.3, -0.25) is 5.43 Å². The van der Waals surface area contributed by atoms with Gasteiger partial charge < -0.3 is 14.8 Å². The van der Waals surface area contributed by atoms with Crippen molar-refractivity contribution >= 4 is 23.0 Å². The van der Waals surface area contributed by atoms with Crippen molar-refractivity contribution in [3.63, 3.8) is 0 Å². The van der Waals surface area contributed by atoms with E-state index in [0.717, 1.165) is 29.4 Å². The molecule has 3 aliphatic rings. The summed E-state index contributed by atoms with van der Waals surface area (Å²) >= 11 is 5.38. The lowest BCUT2D eigenvalue weighted by Crippen LogP contribution is -2.36. The van der Waals surface area contributed by atoms with Crippen LogP contribution in [0.2, 0.25) is 0 Å². The second-order valence-corrected chi connectivity index (χ2v) is 8.44. The Hall–Kier alpha value is -1.82. The summed E-state index contributed by atoms with van der Waals surface area (Å²) < 4.78 is 10.7. The predicted octanol–water partition coefficient (Wildman–Crippen LogP) is 3.58. The van der Waals surface area contributed by atoms with Crippen LogP contribution in [0, 0.1) is 16.7 Å². The summed E-state index contributed by atoms with van der Waals surface area (Å²) in [5.74, 6) is 2.33. The number of benzene rings is 1. The summed E-state index contributed by atoms with van der Waals surface area (Å²) in [5, 5.41) is 8.42. The van der Waals surface area contributed by atoms with E-state index in [1.165, 1.54) is 18.6 Å². The molecule has 0 aromatic heterocycles. The summed E-state index contributed by atoms with van der Waals surface area (Å²) in [7, 11) is 0. The lowest BCUT2D eigenvalue weighted by molar-refractivity contribution is 0.174. The molecule has 25 heavy (non-hydrogen) atoms. The highest BCUT2D eigenvalue weighted by Crippen LogP contribution is 2.63. The first-order chi connectivity index (χ1) is 11.9. The summed E-state index contributed by atoms with van der Waals surface area (Å²) in [6.07, 6.45) is 3.62. The van der Waals surface area contributed by atoms with Crippen molar-refractivity contribution < 1.29 is 9.47 Å². The highest BCUT2D eigenvalue weighted by Gasteiger charge is 2.59. The number of hydrazone groups is 1. The third kappa shape index (κ3) is 2.67. The van der Waals surface area contributed by atoms with Crippen LogP contribution in [0.15, 0.2) is 23.3 Å². The number of nitrogens with zero attached hydrogens (tertiary/aromatic N) is 1. The van der Waals surface area contributed by atoms with Crippen LogP contribution in [0.25, 0.3) is 0 Å². The van der Waals surface area contributed by atoms with Gasteiger partial charge in [0, 0.05) is 17.7 Å². The second-order valence-electron chi connectivity index (χ2n) is 8.03. The van der Waals surface area contributed by atoms with E-state index < -0.39 is 0 Å². The fourth-order valence-corrected chi connectivity index (χ4v) is 4.61. The molecule has 6 heteroatoms. The maximum absolute atomic E-state index is 5.40. The lowest BCUT2D eigenvalue weighted by atomic mass is 9.70. The number of thiocarbonyl (C=S) groups is 1. The Morgan fingerprint density at radius 2 is 2.08 bits per heavy atom. The molecule has 2 saturated carbocycles. The van der Waals surface area contributed by atoms with Crippen LogP contribution in [0.5, 0.6) is 11.5 Å². The zero-order valence-corrected chi connectivity index (χ0v) is 15.8. The molecule has 2 fully saturated rings. The van der Waals surface area contributed by atoms with Crippen molar-refractivity contribution in [1.29, 1.82) is 0 Å². The second kappa shape index (κ2) is 5.87. The molecule has 5 nitrogen and oxygen atoms in total. The van der Waals surface area contributed by atoms with Gasteiger partial charge in [-0.25, -0.2) is 0 Å². The maximum atomic E-state index is 5.40. The van der Waals surface area contributed by atoms with E-state index in [2.05, 4.69) is 36.6 Å². The van der Waals surface area contributed by atoms with Gasteiger partial charge in [0.05, 0.1) is 0 Å². The van der Waals surface area contributed by atoms with E-state index in [4.69, 9.17) is 21.7 Å². The zero-order valence-electron chi connectivity index (χ0n) is 15.0. The van der Waals surface area contributed by atoms with Crippen molar-refractivity contribution in [2.45, 2.75) is 46.6 Å². The van der Waals surface area contributed by atoms with Crippen LogP contribution >= 0.6 is 12.2 Å². The Kier molecular flexibility index (Phi) is 3.90. The summed E-state index contributed by atoms with van der Waals surface area (Å²) in [4.78, 5) is 0. The molecule has 2 N–H and O–H groups in total.